The van der Waals surface area contributed by atoms with Gasteiger partial charge in [-0.3, -0.25) is 0 Å². The Labute approximate surface area is 103 Å². The largest absolute Gasteiger partial charge is 0.478 e. The number of hydrogen-bond acceptors (Lipinski definition) is 4. The summed E-state index contributed by atoms with van der Waals surface area (Å²) in [5.74, 6) is -0.909. The molecule has 0 radical (unpaired) electrons. The summed E-state index contributed by atoms with van der Waals surface area (Å²) in [6.07, 6.45) is 0. The van der Waals surface area contributed by atoms with E-state index in [1.54, 1.807) is 23.5 Å². The molecule has 0 bridgehead atoms. The number of carboxylic acid groups (broad SMARTS) is 1. The minimum atomic E-state index is -0.909. The fourth-order valence-corrected chi connectivity index (χ4v) is 2.46. The minimum absolute atomic E-state index is 0.296. The van der Waals surface area contributed by atoms with Crippen LogP contribution in [0.4, 0.5) is 5.13 Å². The normalized spacial score (nSPS) is 10.2. The molecule has 5 heteroatoms. The van der Waals surface area contributed by atoms with Crippen molar-refractivity contribution in [3.63, 3.8) is 0 Å². The molecule has 0 atom stereocenters. The van der Waals surface area contributed by atoms with Gasteiger partial charge >= 0.3 is 5.97 Å². The lowest BCUT2D eigenvalue weighted by molar-refractivity contribution is 0.0697. The van der Waals surface area contributed by atoms with Crippen molar-refractivity contribution in [1.82, 2.24) is 4.98 Å². The molecule has 0 saturated carbocycles. The molecular weight excluding hydrogens is 236 g/mol. The molecule has 0 spiro atoms. The van der Waals surface area contributed by atoms with Crippen molar-refractivity contribution in [2.24, 2.45) is 0 Å². The molecule has 88 valence electrons. The first-order valence-electron chi connectivity index (χ1n) is 5.10. The van der Waals surface area contributed by atoms with Crippen LogP contribution in [0.5, 0.6) is 0 Å². The van der Waals surface area contributed by atoms with Gasteiger partial charge < -0.3 is 10.4 Å². The molecule has 0 amide bonds. The van der Waals surface area contributed by atoms with E-state index in [9.17, 15) is 4.79 Å². The highest BCUT2D eigenvalue weighted by Gasteiger charge is 2.09. The van der Waals surface area contributed by atoms with Crippen molar-refractivity contribution in [3.8, 4) is 10.4 Å². The first-order chi connectivity index (χ1) is 8.11. The fourth-order valence-electron chi connectivity index (χ4n) is 1.54. The Morgan fingerprint density at radius 2 is 2.00 bits per heavy atom. The summed E-state index contributed by atoms with van der Waals surface area (Å²) < 4.78 is 0. The molecule has 0 saturated heterocycles. The molecular formula is C12H12N2O2S. The molecule has 0 unspecified atom stereocenters. The average Bonchev–Trinajstić information content (AvgIpc) is 2.71. The zero-order valence-electron chi connectivity index (χ0n) is 9.52. The van der Waals surface area contributed by atoms with Gasteiger partial charge in [0.15, 0.2) is 5.13 Å². The van der Waals surface area contributed by atoms with E-state index < -0.39 is 5.97 Å². The molecule has 2 rings (SSSR count). The lowest BCUT2D eigenvalue weighted by Crippen LogP contribution is -1.94. The Kier molecular flexibility index (Phi) is 3.10. The molecule has 0 aliphatic heterocycles. The number of carbonyl (C=O) groups is 1. The molecule has 1 heterocycles. The van der Waals surface area contributed by atoms with Crippen LogP contribution < -0.4 is 5.32 Å². The molecule has 2 aromatic rings. The van der Waals surface area contributed by atoms with Gasteiger partial charge in [0.05, 0.1) is 16.1 Å². The average molecular weight is 248 g/mol. The summed E-state index contributed by atoms with van der Waals surface area (Å²) in [5.41, 5.74) is 2.23. The molecule has 0 aliphatic carbocycles. The summed E-state index contributed by atoms with van der Waals surface area (Å²) in [4.78, 5) is 16.2. The number of hydrogen-bond donors (Lipinski definition) is 2. The van der Waals surface area contributed by atoms with Crippen LogP contribution in [0, 0.1) is 6.92 Å². The zero-order valence-corrected chi connectivity index (χ0v) is 10.3. The van der Waals surface area contributed by atoms with Crippen LogP contribution in [0.1, 0.15) is 16.1 Å². The second kappa shape index (κ2) is 4.55. The highest BCUT2D eigenvalue weighted by molar-refractivity contribution is 7.19. The maximum absolute atomic E-state index is 10.7. The molecule has 17 heavy (non-hydrogen) atoms. The zero-order chi connectivity index (χ0) is 12.4. The third kappa shape index (κ3) is 2.29. The molecule has 0 fully saturated rings. The van der Waals surface area contributed by atoms with Crippen molar-refractivity contribution in [3.05, 3.63) is 35.5 Å². The minimum Gasteiger partial charge on any atom is -0.478 e. The second-order valence-electron chi connectivity index (χ2n) is 3.57. The Balaban J connectivity index is 2.39. The lowest BCUT2D eigenvalue weighted by atomic mass is 10.1. The van der Waals surface area contributed by atoms with Gasteiger partial charge in [-0.05, 0) is 24.6 Å². The molecule has 1 aromatic heterocycles. The predicted molar refractivity (Wildman–Crippen MR) is 68.8 cm³/mol. The molecule has 4 nitrogen and oxygen atoms in total. The van der Waals surface area contributed by atoms with Gasteiger partial charge in [-0.25, -0.2) is 9.78 Å². The van der Waals surface area contributed by atoms with Crippen LogP contribution in [-0.2, 0) is 0 Å². The Bertz CT molecular complexity index is 546. The van der Waals surface area contributed by atoms with E-state index in [4.69, 9.17) is 5.11 Å². The van der Waals surface area contributed by atoms with Gasteiger partial charge in [0, 0.05) is 7.05 Å². The van der Waals surface area contributed by atoms with Gasteiger partial charge in [0.1, 0.15) is 0 Å². The van der Waals surface area contributed by atoms with Crippen LogP contribution in [0.15, 0.2) is 24.3 Å². The summed E-state index contributed by atoms with van der Waals surface area (Å²) in [5, 5.41) is 12.7. The van der Waals surface area contributed by atoms with E-state index in [0.29, 0.717) is 5.56 Å². The number of aryl methyl sites for hydroxylation is 1. The fraction of sp³-hybridized carbons (Fsp3) is 0.167. The third-order valence-electron chi connectivity index (χ3n) is 2.40. The molecule has 0 aliphatic rings. The number of nitrogens with zero attached hydrogens (tertiary/aromatic N) is 1. The molecule has 2 N–H and O–H groups in total. The van der Waals surface area contributed by atoms with Crippen molar-refractivity contribution in [1.29, 1.82) is 0 Å². The van der Waals surface area contributed by atoms with E-state index in [2.05, 4.69) is 10.3 Å². The van der Waals surface area contributed by atoms with Gasteiger partial charge in [0.2, 0.25) is 0 Å². The van der Waals surface area contributed by atoms with Crippen molar-refractivity contribution in [2.45, 2.75) is 6.92 Å². The smallest absolute Gasteiger partial charge is 0.335 e. The topological polar surface area (TPSA) is 62.2 Å². The predicted octanol–water partition coefficient (Wildman–Crippen LogP) is 2.86. The van der Waals surface area contributed by atoms with E-state index in [0.717, 1.165) is 21.3 Å². The van der Waals surface area contributed by atoms with E-state index >= 15 is 0 Å². The number of thiazole rings is 1. The number of aromatic nitrogens is 1. The summed E-state index contributed by atoms with van der Waals surface area (Å²) >= 11 is 1.56. The van der Waals surface area contributed by atoms with Crippen LogP contribution >= 0.6 is 11.3 Å². The summed E-state index contributed by atoms with van der Waals surface area (Å²) in [6.45, 7) is 1.94. The number of benzene rings is 1. The van der Waals surface area contributed by atoms with E-state index in [1.807, 2.05) is 26.1 Å². The SMILES string of the molecule is CNc1nc(C)c(-c2ccc(C(=O)O)cc2)s1. The van der Waals surface area contributed by atoms with Crippen LogP contribution in [0.25, 0.3) is 10.4 Å². The van der Waals surface area contributed by atoms with Crippen LogP contribution in [0.2, 0.25) is 0 Å². The van der Waals surface area contributed by atoms with Crippen molar-refractivity contribution < 1.29 is 9.90 Å². The van der Waals surface area contributed by atoms with Gasteiger partial charge in [-0.2, -0.15) is 0 Å². The van der Waals surface area contributed by atoms with Crippen molar-refractivity contribution >= 4 is 22.4 Å². The summed E-state index contributed by atoms with van der Waals surface area (Å²) in [7, 11) is 1.83. The van der Waals surface area contributed by atoms with Gasteiger partial charge in [-0.1, -0.05) is 23.5 Å². The highest BCUT2D eigenvalue weighted by atomic mass is 32.1. The molecule has 1 aromatic carbocycles. The van der Waals surface area contributed by atoms with Gasteiger partial charge in [0.25, 0.3) is 0 Å². The lowest BCUT2D eigenvalue weighted by Gasteiger charge is -1.99. The monoisotopic (exact) mass is 248 g/mol. The highest BCUT2D eigenvalue weighted by Crippen LogP contribution is 2.32. The second-order valence-corrected chi connectivity index (χ2v) is 4.57. The Hall–Kier alpha value is -1.88. The standard InChI is InChI=1S/C12H12N2O2S/c1-7-10(17-12(13-2)14-7)8-3-5-9(6-4-8)11(15)16/h3-6H,1-2H3,(H,13,14)(H,15,16). The van der Waals surface area contributed by atoms with Crippen LogP contribution in [0.3, 0.4) is 0 Å². The Morgan fingerprint density at radius 3 is 2.47 bits per heavy atom. The number of aromatic carboxylic acids is 1. The Morgan fingerprint density at radius 1 is 1.35 bits per heavy atom. The number of rotatable bonds is 3. The van der Waals surface area contributed by atoms with Gasteiger partial charge in [-0.15, -0.1) is 0 Å². The van der Waals surface area contributed by atoms with Crippen LogP contribution in [-0.4, -0.2) is 23.1 Å². The number of nitrogens with one attached hydrogen (secondary N) is 1. The summed E-state index contributed by atoms with van der Waals surface area (Å²) in [6, 6.07) is 6.83. The quantitative estimate of drug-likeness (QED) is 0.876. The maximum Gasteiger partial charge on any atom is 0.335 e. The number of carboxylic acids is 1. The maximum atomic E-state index is 10.7. The third-order valence-corrected chi connectivity index (χ3v) is 3.63. The first-order valence-corrected chi connectivity index (χ1v) is 5.92. The number of anilines is 1. The first kappa shape index (κ1) is 11.6. The van der Waals surface area contributed by atoms with E-state index in [1.165, 1.54) is 0 Å². The van der Waals surface area contributed by atoms with E-state index in [-0.39, 0.29) is 0 Å². The van der Waals surface area contributed by atoms with Crippen molar-refractivity contribution in [2.75, 3.05) is 12.4 Å².